The van der Waals surface area contributed by atoms with E-state index >= 15 is 0 Å². The average Bonchev–Trinajstić information content (AvgIpc) is 3.15. The Bertz CT molecular complexity index is 684. The Morgan fingerprint density at radius 3 is 2.42 bits per heavy atom. The SMILES string of the molecule is Cc1nc(N2CCCC2)ccc1NC(=O)N1CC[C@H](C(F)(F)F)C1(C)C. The van der Waals surface area contributed by atoms with Gasteiger partial charge in [0.25, 0.3) is 0 Å². The van der Waals surface area contributed by atoms with E-state index in [0.29, 0.717) is 11.4 Å². The average molecular weight is 370 g/mol. The zero-order valence-electron chi connectivity index (χ0n) is 15.4. The second kappa shape index (κ2) is 6.63. The molecule has 1 N–H and O–H groups in total. The molecule has 0 aromatic carbocycles. The normalized spacial score (nSPS) is 22.8. The number of nitrogens with zero attached hydrogens (tertiary/aromatic N) is 3. The Morgan fingerprint density at radius 1 is 1.23 bits per heavy atom. The highest BCUT2D eigenvalue weighted by molar-refractivity contribution is 5.90. The molecule has 3 rings (SSSR count). The van der Waals surface area contributed by atoms with Crippen molar-refractivity contribution in [3.63, 3.8) is 0 Å². The van der Waals surface area contributed by atoms with Gasteiger partial charge >= 0.3 is 12.2 Å². The maximum Gasteiger partial charge on any atom is 0.394 e. The molecule has 0 radical (unpaired) electrons. The predicted octanol–water partition coefficient (Wildman–Crippen LogP) is 4.18. The Hall–Kier alpha value is -1.99. The molecule has 5 nitrogen and oxygen atoms in total. The first-order chi connectivity index (χ1) is 12.1. The summed E-state index contributed by atoms with van der Waals surface area (Å²) < 4.78 is 39.6. The number of rotatable bonds is 2. The first kappa shape index (κ1) is 18.8. The molecule has 0 bridgehead atoms. The fraction of sp³-hybridized carbons (Fsp3) is 0.667. The van der Waals surface area contributed by atoms with Gasteiger partial charge in [0, 0.05) is 19.6 Å². The highest BCUT2D eigenvalue weighted by atomic mass is 19.4. The number of carbonyl (C=O) groups excluding carboxylic acids is 1. The number of amides is 2. The van der Waals surface area contributed by atoms with Gasteiger partial charge in [0.05, 0.1) is 22.8 Å². The van der Waals surface area contributed by atoms with Crippen molar-refractivity contribution in [1.29, 1.82) is 0 Å². The summed E-state index contributed by atoms with van der Waals surface area (Å²) in [6.07, 6.45) is -2.10. The van der Waals surface area contributed by atoms with Crippen LogP contribution in [-0.4, -0.2) is 47.3 Å². The predicted molar refractivity (Wildman–Crippen MR) is 94.4 cm³/mol. The van der Waals surface area contributed by atoms with E-state index in [1.54, 1.807) is 13.0 Å². The number of urea groups is 1. The van der Waals surface area contributed by atoms with Gasteiger partial charge in [0.1, 0.15) is 5.82 Å². The van der Waals surface area contributed by atoms with Crippen LogP contribution in [0.4, 0.5) is 29.5 Å². The van der Waals surface area contributed by atoms with Crippen molar-refractivity contribution in [3.8, 4) is 0 Å². The molecule has 144 valence electrons. The summed E-state index contributed by atoms with van der Waals surface area (Å²) in [4.78, 5) is 20.6. The summed E-state index contributed by atoms with van der Waals surface area (Å²) in [6, 6.07) is 3.11. The molecule has 0 spiro atoms. The molecule has 0 saturated carbocycles. The number of anilines is 2. The van der Waals surface area contributed by atoms with Crippen LogP contribution in [0.2, 0.25) is 0 Å². The summed E-state index contributed by atoms with van der Waals surface area (Å²) in [5.74, 6) is -0.644. The van der Waals surface area contributed by atoms with Gasteiger partial charge in [-0.15, -0.1) is 0 Å². The monoisotopic (exact) mass is 370 g/mol. The van der Waals surface area contributed by atoms with E-state index in [4.69, 9.17) is 0 Å². The fourth-order valence-electron chi connectivity index (χ4n) is 4.00. The molecule has 2 saturated heterocycles. The standard InChI is InChI=1S/C18H25F3N4O/c1-12-13(6-7-15(22-12)24-9-4-5-10-24)23-16(26)25-11-8-14(17(25,2)3)18(19,20)21/h6-7,14H,4-5,8-11H2,1-3H3,(H,23,26)/t14-/m0/s1. The Kier molecular flexibility index (Phi) is 4.79. The van der Waals surface area contributed by atoms with Crippen molar-refractivity contribution < 1.29 is 18.0 Å². The van der Waals surface area contributed by atoms with Crippen LogP contribution in [0.15, 0.2) is 12.1 Å². The molecule has 2 aliphatic rings. The van der Waals surface area contributed by atoms with E-state index in [-0.39, 0.29) is 13.0 Å². The van der Waals surface area contributed by atoms with Crippen LogP contribution in [0.3, 0.4) is 0 Å². The largest absolute Gasteiger partial charge is 0.394 e. The van der Waals surface area contributed by atoms with Crippen LogP contribution in [0.25, 0.3) is 0 Å². The number of carbonyl (C=O) groups is 1. The van der Waals surface area contributed by atoms with Crippen molar-refractivity contribution in [3.05, 3.63) is 17.8 Å². The van der Waals surface area contributed by atoms with Gasteiger partial charge in [-0.2, -0.15) is 13.2 Å². The summed E-state index contributed by atoms with van der Waals surface area (Å²) in [5.41, 5.74) is -0.0876. The number of hydrogen-bond donors (Lipinski definition) is 1. The molecule has 0 unspecified atom stereocenters. The van der Waals surface area contributed by atoms with Gasteiger partial charge in [-0.05, 0) is 52.2 Å². The van der Waals surface area contributed by atoms with E-state index in [2.05, 4.69) is 15.2 Å². The maximum absolute atomic E-state index is 13.2. The van der Waals surface area contributed by atoms with Crippen LogP contribution >= 0.6 is 0 Å². The Labute approximate surface area is 151 Å². The number of halogens is 3. The van der Waals surface area contributed by atoms with Crippen molar-refractivity contribution in [1.82, 2.24) is 9.88 Å². The number of aryl methyl sites for hydroxylation is 1. The molecule has 3 heterocycles. The Balaban J connectivity index is 1.72. The van der Waals surface area contributed by atoms with Crippen LogP contribution in [0.1, 0.15) is 38.8 Å². The molecule has 1 aromatic rings. The minimum Gasteiger partial charge on any atom is -0.357 e. The summed E-state index contributed by atoms with van der Waals surface area (Å²) in [5, 5.41) is 2.74. The molecular formula is C18H25F3N4O. The smallest absolute Gasteiger partial charge is 0.357 e. The topological polar surface area (TPSA) is 48.5 Å². The van der Waals surface area contributed by atoms with E-state index in [0.717, 1.165) is 31.7 Å². The summed E-state index contributed by atoms with van der Waals surface area (Å²) in [7, 11) is 0. The van der Waals surface area contributed by atoms with E-state index in [1.807, 2.05) is 6.07 Å². The maximum atomic E-state index is 13.2. The third kappa shape index (κ3) is 3.46. The summed E-state index contributed by atoms with van der Waals surface area (Å²) >= 11 is 0. The van der Waals surface area contributed by atoms with Crippen LogP contribution in [0, 0.1) is 12.8 Å². The minimum absolute atomic E-state index is 0.0744. The third-order valence-corrected chi connectivity index (χ3v) is 5.57. The number of nitrogens with one attached hydrogen (secondary N) is 1. The second-order valence-corrected chi connectivity index (χ2v) is 7.61. The minimum atomic E-state index is -4.31. The van der Waals surface area contributed by atoms with E-state index in [1.165, 1.54) is 18.7 Å². The number of alkyl halides is 3. The van der Waals surface area contributed by atoms with Gasteiger partial charge in [0.2, 0.25) is 0 Å². The van der Waals surface area contributed by atoms with Crippen LogP contribution < -0.4 is 10.2 Å². The number of aromatic nitrogens is 1. The van der Waals surface area contributed by atoms with Gasteiger partial charge in [0.15, 0.2) is 0 Å². The van der Waals surface area contributed by atoms with Gasteiger partial charge in [-0.25, -0.2) is 9.78 Å². The molecule has 2 fully saturated rings. The van der Waals surface area contributed by atoms with Gasteiger partial charge in [-0.1, -0.05) is 0 Å². The zero-order chi connectivity index (χ0) is 19.1. The summed E-state index contributed by atoms with van der Waals surface area (Å²) in [6.45, 7) is 6.76. The van der Waals surface area contributed by atoms with Crippen molar-refractivity contribution in [2.24, 2.45) is 5.92 Å². The number of pyridine rings is 1. The molecule has 1 atom stereocenters. The van der Waals surface area contributed by atoms with Crippen LogP contribution in [0.5, 0.6) is 0 Å². The molecule has 1 aromatic heterocycles. The quantitative estimate of drug-likeness (QED) is 0.849. The third-order valence-electron chi connectivity index (χ3n) is 5.57. The van der Waals surface area contributed by atoms with Crippen LogP contribution in [-0.2, 0) is 0 Å². The number of hydrogen-bond acceptors (Lipinski definition) is 3. The van der Waals surface area contributed by atoms with Gasteiger partial charge in [-0.3, -0.25) is 0 Å². The highest BCUT2D eigenvalue weighted by Crippen LogP contribution is 2.44. The Morgan fingerprint density at radius 2 is 1.88 bits per heavy atom. The molecule has 8 heteroatoms. The first-order valence-corrected chi connectivity index (χ1v) is 8.98. The van der Waals surface area contributed by atoms with E-state index < -0.39 is 23.7 Å². The highest BCUT2D eigenvalue weighted by Gasteiger charge is 2.56. The molecule has 2 aliphatic heterocycles. The van der Waals surface area contributed by atoms with Crippen molar-refractivity contribution >= 4 is 17.5 Å². The number of likely N-dealkylation sites (tertiary alicyclic amines) is 1. The zero-order valence-corrected chi connectivity index (χ0v) is 15.4. The lowest BCUT2D eigenvalue weighted by atomic mass is 9.88. The molecule has 0 aliphatic carbocycles. The fourth-order valence-corrected chi connectivity index (χ4v) is 4.00. The van der Waals surface area contributed by atoms with Crippen molar-refractivity contribution in [2.45, 2.75) is 51.7 Å². The molecular weight excluding hydrogens is 345 g/mol. The second-order valence-electron chi connectivity index (χ2n) is 7.61. The van der Waals surface area contributed by atoms with Crippen molar-refractivity contribution in [2.75, 3.05) is 29.9 Å². The van der Waals surface area contributed by atoms with E-state index in [9.17, 15) is 18.0 Å². The lowest BCUT2D eigenvalue weighted by Gasteiger charge is -2.36. The lowest BCUT2D eigenvalue weighted by molar-refractivity contribution is -0.189. The van der Waals surface area contributed by atoms with Gasteiger partial charge < -0.3 is 15.1 Å². The molecule has 2 amide bonds. The first-order valence-electron chi connectivity index (χ1n) is 8.98. The molecule has 26 heavy (non-hydrogen) atoms. The lowest BCUT2D eigenvalue weighted by Crippen LogP contribution is -2.51.